The third-order valence-corrected chi connectivity index (χ3v) is 1.92. The fourth-order valence-corrected chi connectivity index (χ4v) is 0.743. The van der Waals surface area contributed by atoms with Gasteiger partial charge in [0.25, 0.3) is 0 Å². The van der Waals surface area contributed by atoms with E-state index in [0.29, 0.717) is 6.54 Å². The van der Waals surface area contributed by atoms with Crippen molar-refractivity contribution in [2.45, 2.75) is 39.7 Å². The van der Waals surface area contributed by atoms with E-state index in [1.54, 1.807) is 0 Å². The van der Waals surface area contributed by atoms with Gasteiger partial charge >= 0.3 is 0 Å². The van der Waals surface area contributed by atoms with Crippen LogP contribution in [0.1, 0.15) is 34.1 Å². The lowest BCUT2D eigenvalue weighted by Gasteiger charge is -2.21. The molecule has 1 atom stereocenters. The maximum Gasteiger partial charge on any atom is 0.0741 e. The van der Waals surface area contributed by atoms with Crippen molar-refractivity contribution in [1.82, 2.24) is 5.32 Å². The Bertz CT molecular complexity index is 146. The van der Waals surface area contributed by atoms with Crippen LogP contribution in [-0.2, 0) is 0 Å². The van der Waals surface area contributed by atoms with E-state index in [0.717, 1.165) is 13.0 Å². The molecule has 2 nitrogen and oxygen atoms in total. The predicted octanol–water partition coefficient (Wildman–Crippen LogP) is 1.70. The number of rotatable bonds is 5. The van der Waals surface area contributed by atoms with Crippen molar-refractivity contribution in [2.24, 2.45) is 0 Å². The van der Waals surface area contributed by atoms with E-state index >= 15 is 0 Å². The smallest absolute Gasteiger partial charge is 0.0741 e. The molecule has 1 unspecified atom stereocenters. The number of aliphatic hydroxyl groups is 1. The van der Waals surface area contributed by atoms with E-state index in [9.17, 15) is 5.11 Å². The molecule has 0 saturated heterocycles. The average molecular weight is 171 g/mol. The third-order valence-electron chi connectivity index (χ3n) is 1.92. The SMILES string of the molecule is CCC(C)(O)CNCC=C(C)C. The van der Waals surface area contributed by atoms with Crippen molar-refractivity contribution in [3.8, 4) is 0 Å². The summed E-state index contributed by atoms with van der Waals surface area (Å²) in [6.45, 7) is 9.48. The Morgan fingerprint density at radius 1 is 1.50 bits per heavy atom. The monoisotopic (exact) mass is 171 g/mol. The van der Waals surface area contributed by atoms with Crippen LogP contribution in [0, 0.1) is 0 Å². The Balaban J connectivity index is 3.50. The highest BCUT2D eigenvalue weighted by atomic mass is 16.3. The second-order valence-corrected chi connectivity index (χ2v) is 3.76. The Morgan fingerprint density at radius 2 is 2.08 bits per heavy atom. The summed E-state index contributed by atoms with van der Waals surface area (Å²) >= 11 is 0. The standard InChI is InChI=1S/C10H21NO/c1-5-10(4,12)8-11-7-6-9(2)3/h6,11-12H,5,7-8H2,1-4H3. The Kier molecular flexibility index (Phi) is 5.18. The number of hydrogen-bond donors (Lipinski definition) is 2. The Hall–Kier alpha value is -0.340. The fourth-order valence-electron chi connectivity index (χ4n) is 0.743. The van der Waals surface area contributed by atoms with Crippen molar-refractivity contribution in [2.75, 3.05) is 13.1 Å². The molecule has 2 N–H and O–H groups in total. The van der Waals surface area contributed by atoms with Crippen LogP contribution in [0.15, 0.2) is 11.6 Å². The molecule has 0 amide bonds. The van der Waals surface area contributed by atoms with Gasteiger partial charge in [0.15, 0.2) is 0 Å². The summed E-state index contributed by atoms with van der Waals surface area (Å²) in [5.41, 5.74) is 0.744. The first-order valence-electron chi connectivity index (χ1n) is 4.54. The molecular formula is C10H21NO. The number of allylic oxidation sites excluding steroid dienone is 1. The molecule has 0 aromatic heterocycles. The Morgan fingerprint density at radius 3 is 2.50 bits per heavy atom. The summed E-state index contributed by atoms with van der Waals surface area (Å²) < 4.78 is 0. The Labute approximate surface area is 75.7 Å². The third kappa shape index (κ3) is 6.38. The van der Waals surface area contributed by atoms with Gasteiger partial charge in [0.2, 0.25) is 0 Å². The van der Waals surface area contributed by atoms with Gasteiger partial charge in [-0.25, -0.2) is 0 Å². The molecule has 0 fully saturated rings. The van der Waals surface area contributed by atoms with Gasteiger partial charge in [-0.3, -0.25) is 0 Å². The van der Waals surface area contributed by atoms with Crippen LogP contribution in [0.2, 0.25) is 0 Å². The van der Waals surface area contributed by atoms with Crippen LogP contribution in [0.25, 0.3) is 0 Å². The molecule has 0 spiro atoms. The van der Waals surface area contributed by atoms with Gasteiger partial charge in [-0.1, -0.05) is 18.6 Å². The number of hydrogen-bond acceptors (Lipinski definition) is 2. The van der Waals surface area contributed by atoms with Crippen LogP contribution >= 0.6 is 0 Å². The van der Waals surface area contributed by atoms with Crippen LogP contribution in [0.4, 0.5) is 0 Å². The minimum atomic E-state index is -0.560. The lowest BCUT2D eigenvalue weighted by Crippen LogP contribution is -2.37. The molecular weight excluding hydrogens is 150 g/mol. The van der Waals surface area contributed by atoms with E-state index in [2.05, 4.69) is 25.2 Å². The van der Waals surface area contributed by atoms with Gasteiger partial charge in [0.05, 0.1) is 5.60 Å². The fraction of sp³-hybridized carbons (Fsp3) is 0.800. The molecule has 0 aromatic carbocycles. The van der Waals surface area contributed by atoms with Gasteiger partial charge in [-0.15, -0.1) is 0 Å². The molecule has 0 radical (unpaired) electrons. The minimum absolute atomic E-state index is 0.560. The highest BCUT2D eigenvalue weighted by Gasteiger charge is 2.15. The molecule has 0 heterocycles. The van der Waals surface area contributed by atoms with Crippen molar-refractivity contribution < 1.29 is 5.11 Å². The lowest BCUT2D eigenvalue weighted by molar-refractivity contribution is 0.0569. The molecule has 0 aromatic rings. The normalized spacial score (nSPS) is 15.4. The second kappa shape index (κ2) is 5.33. The molecule has 0 aliphatic heterocycles. The molecule has 0 rings (SSSR count). The quantitative estimate of drug-likeness (QED) is 0.487. The van der Waals surface area contributed by atoms with Gasteiger partial charge in [0, 0.05) is 13.1 Å². The van der Waals surface area contributed by atoms with Crippen molar-refractivity contribution in [3.05, 3.63) is 11.6 Å². The van der Waals surface area contributed by atoms with Gasteiger partial charge in [-0.05, 0) is 27.2 Å². The summed E-state index contributed by atoms with van der Waals surface area (Å²) in [6.07, 6.45) is 2.90. The molecule has 72 valence electrons. The van der Waals surface area contributed by atoms with Crippen molar-refractivity contribution >= 4 is 0 Å². The first-order valence-corrected chi connectivity index (χ1v) is 4.54. The molecule has 0 aliphatic carbocycles. The first kappa shape index (κ1) is 11.7. The zero-order valence-corrected chi connectivity index (χ0v) is 8.65. The lowest BCUT2D eigenvalue weighted by atomic mass is 10.0. The average Bonchev–Trinajstić information content (AvgIpc) is 1.98. The second-order valence-electron chi connectivity index (χ2n) is 3.76. The maximum absolute atomic E-state index is 9.61. The highest BCUT2D eigenvalue weighted by molar-refractivity contribution is 4.94. The topological polar surface area (TPSA) is 32.3 Å². The first-order chi connectivity index (χ1) is 5.48. The van der Waals surface area contributed by atoms with Gasteiger partial charge in [0.1, 0.15) is 0 Å². The molecule has 0 aliphatic rings. The predicted molar refractivity (Wildman–Crippen MR) is 53.2 cm³/mol. The van der Waals surface area contributed by atoms with Crippen LogP contribution < -0.4 is 5.32 Å². The number of nitrogens with one attached hydrogen (secondary N) is 1. The zero-order chi connectivity index (χ0) is 9.61. The molecule has 0 bridgehead atoms. The zero-order valence-electron chi connectivity index (χ0n) is 8.65. The molecule has 12 heavy (non-hydrogen) atoms. The minimum Gasteiger partial charge on any atom is -0.389 e. The summed E-state index contributed by atoms with van der Waals surface area (Å²) in [6, 6.07) is 0. The molecule has 2 heteroatoms. The van der Waals surface area contributed by atoms with E-state index < -0.39 is 5.60 Å². The van der Waals surface area contributed by atoms with Gasteiger partial charge in [-0.2, -0.15) is 0 Å². The van der Waals surface area contributed by atoms with E-state index in [4.69, 9.17) is 0 Å². The van der Waals surface area contributed by atoms with Crippen molar-refractivity contribution in [1.29, 1.82) is 0 Å². The van der Waals surface area contributed by atoms with Crippen LogP contribution in [0.3, 0.4) is 0 Å². The largest absolute Gasteiger partial charge is 0.389 e. The van der Waals surface area contributed by atoms with Crippen LogP contribution in [-0.4, -0.2) is 23.8 Å². The summed E-state index contributed by atoms with van der Waals surface area (Å²) in [5, 5.41) is 12.8. The highest BCUT2D eigenvalue weighted by Crippen LogP contribution is 2.05. The van der Waals surface area contributed by atoms with E-state index in [-0.39, 0.29) is 0 Å². The van der Waals surface area contributed by atoms with E-state index in [1.807, 2.05) is 13.8 Å². The summed E-state index contributed by atoms with van der Waals surface area (Å²) in [4.78, 5) is 0. The van der Waals surface area contributed by atoms with Crippen molar-refractivity contribution in [3.63, 3.8) is 0 Å². The summed E-state index contributed by atoms with van der Waals surface area (Å²) in [7, 11) is 0. The molecule has 0 saturated carbocycles. The van der Waals surface area contributed by atoms with Gasteiger partial charge < -0.3 is 10.4 Å². The maximum atomic E-state index is 9.61. The van der Waals surface area contributed by atoms with Crippen LogP contribution in [0.5, 0.6) is 0 Å². The van der Waals surface area contributed by atoms with E-state index in [1.165, 1.54) is 5.57 Å². The summed E-state index contributed by atoms with van der Waals surface area (Å²) in [5.74, 6) is 0.